The second kappa shape index (κ2) is 10.3. The number of hydrogen-bond acceptors (Lipinski definition) is 6. The summed E-state index contributed by atoms with van der Waals surface area (Å²) >= 11 is 0. The van der Waals surface area contributed by atoms with Crippen LogP contribution in [0.3, 0.4) is 0 Å². The Bertz CT molecular complexity index is 1190. The molecule has 3 aromatic carbocycles. The van der Waals surface area contributed by atoms with Crippen LogP contribution in [0.5, 0.6) is 11.5 Å². The first-order valence-corrected chi connectivity index (χ1v) is 10.2. The predicted octanol–water partition coefficient (Wildman–Crippen LogP) is 5.57. The highest BCUT2D eigenvalue weighted by Gasteiger charge is 2.06. The van der Waals surface area contributed by atoms with Crippen LogP contribution >= 0.6 is 0 Å². The van der Waals surface area contributed by atoms with E-state index in [2.05, 4.69) is 20.8 Å². The van der Waals surface area contributed by atoms with Crippen molar-refractivity contribution in [3.8, 4) is 11.5 Å². The lowest BCUT2D eigenvalue weighted by Gasteiger charge is -2.09. The summed E-state index contributed by atoms with van der Waals surface area (Å²) in [6.45, 7) is 7.81. The van der Waals surface area contributed by atoms with Gasteiger partial charge in [-0.1, -0.05) is 18.2 Å². The van der Waals surface area contributed by atoms with E-state index in [1.165, 1.54) is 17.8 Å². The van der Waals surface area contributed by atoms with E-state index in [1.54, 1.807) is 12.1 Å². The largest absolute Gasteiger partial charge is 0.507 e. The van der Waals surface area contributed by atoms with Crippen LogP contribution in [0.15, 0.2) is 69.9 Å². The number of ether oxygens (including phenoxy) is 1. The van der Waals surface area contributed by atoms with Crippen LogP contribution in [-0.2, 0) is 4.79 Å². The number of aromatic hydroxyl groups is 1. The van der Waals surface area contributed by atoms with Crippen molar-refractivity contribution in [1.82, 2.24) is 5.43 Å². The third kappa shape index (κ3) is 6.01. The Morgan fingerprint density at radius 2 is 1.66 bits per heavy atom. The maximum atomic E-state index is 12.0. The van der Waals surface area contributed by atoms with Gasteiger partial charge in [0.15, 0.2) is 6.61 Å². The molecule has 32 heavy (non-hydrogen) atoms. The van der Waals surface area contributed by atoms with Gasteiger partial charge in [0.25, 0.3) is 5.91 Å². The molecule has 0 spiro atoms. The van der Waals surface area contributed by atoms with E-state index < -0.39 is 5.91 Å². The van der Waals surface area contributed by atoms with E-state index in [1.807, 2.05) is 64.1 Å². The summed E-state index contributed by atoms with van der Waals surface area (Å²) in [4.78, 5) is 12.0. The molecule has 0 radical (unpaired) electrons. The summed E-state index contributed by atoms with van der Waals surface area (Å²) in [6.07, 6.45) is 1.35. The third-order valence-electron chi connectivity index (χ3n) is 5.09. The monoisotopic (exact) mass is 430 g/mol. The lowest BCUT2D eigenvalue weighted by atomic mass is 10.1. The normalized spacial score (nSPS) is 11.2. The van der Waals surface area contributed by atoms with Gasteiger partial charge in [-0.3, -0.25) is 4.79 Å². The van der Waals surface area contributed by atoms with Gasteiger partial charge in [0.05, 0.1) is 17.6 Å². The Kier molecular flexibility index (Phi) is 7.33. The van der Waals surface area contributed by atoms with Crippen LogP contribution in [0.4, 0.5) is 11.4 Å². The number of benzene rings is 3. The summed E-state index contributed by atoms with van der Waals surface area (Å²) < 4.78 is 5.55. The van der Waals surface area contributed by atoms with Gasteiger partial charge in [-0.2, -0.15) is 15.3 Å². The van der Waals surface area contributed by atoms with Gasteiger partial charge < -0.3 is 9.84 Å². The van der Waals surface area contributed by atoms with Gasteiger partial charge >= 0.3 is 0 Å². The highest BCUT2D eigenvalue weighted by atomic mass is 16.5. The molecule has 0 heterocycles. The molecule has 0 aliphatic rings. The lowest BCUT2D eigenvalue weighted by Crippen LogP contribution is -2.24. The van der Waals surface area contributed by atoms with E-state index in [0.717, 1.165) is 22.4 Å². The molecule has 3 rings (SSSR count). The molecule has 0 saturated carbocycles. The smallest absolute Gasteiger partial charge is 0.277 e. The first kappa shape index (κ1) is 22.7. The van der Waals surface area contributed by atoms with E-state index in [9.17, 15) is 9.90 Å². The minimum Gasteiger partial charge on any atom is -0.507 e. The van der Waals surface area contributed by atoms with Crippen molar-refractivity contribution in [2.75, 3.05) is 6.61 Å². The predicted molar refractivity (Wildman–Crippen MR) is 125 cm³/mol. The van der Waals surface area contributed by atoms with Crippen LogP contribution in [0.2, 0.25) is 0 Å². The number of hydrogen-bond donors (Lipinski definition) is 2. The number of aryl methyl sites for hydroxylation is 3. The fourth-order valence-corrected chi connectivity index (χ4v) is 2.84. The SMILES string of the molecule is Cc1ccc(N=Nc2ccc(O)c(/C=N\NC(=O)COc3cccc(C)c3C)c2)cc1C. The second-order valence-electron chi connectivity index (χ2n) is 7.49. The van der Waals surface area contributed by atoms with Gasteiger partial charge in [-0.15, -0.1) is 0 Å². The van der Waals surface area contributed by atoms with Crippen LogP contribution in [0.25, 0.3) is 0 Å². The molecular formula is C25H26N4O3. The average Bonchev–Trinajstić information content (AvgIpc) is 2.77. The molecule has 0 saturated heterocycles. The zero-order valence-electron chi connectivity index (χ0n) is 18.6. The summed E-state index contributed by atoms with van der Waals surface area (Å²) in [7, 11) is 0. The summed E-state index contributed by atoms with van der Waals surface area (Å²) in [6, 6.07) is 16.3. The number of amides is 1. The summed E-state index contributed by atoms with van der Waals surface area (Å²) in [5.74, 6) is 0.260. The molecule has 1 amide bonds. The molecule has 0 aliphatic heterocycles. The minimum atomic E-state index is -0.410. The first-order chi connectivity index (χ1) is 15.3. The number of rotatable bonds is 7. The third-order valence-corrected chi connectivity index (χ3v) is 5.09. The van der Waals surface area contributed by atoms with Crippen molar-refractivity contribution in [2.45, 2.75) is 27.7 Å². The Hall–Kier alpha value is -4.00. The topological polar surface area (TPSA) is 95.6 Å². The Morgan fingerprint density at radius 1 is 0.938 bits per heavy atom. The van der Waals surface area contributed by atoms with Crippen LogP contribution in [0.1, 0.15) is 27.8 Å². The van der Waals surface area contributed by atoms with Crippen molar-refractivity contribution in [3.63, 3.8) is 0 Å². The Balaban J connectivity index is 1.60. The quantitative estimate of drug-likeness (QED) is 0.291. The van der Waals surface area contributed by atoms with Crippen molar-refractivity contribution < 1.29 is 14.6 Å². The van der Waals surface area contributed by atoms with E-state index in [-0.39, 0.29) is 12.4 Å². The zero-order valence-corrected chi connectivity index (χ0v) is 18.6. The maximum Gasteiger partial charge on any atom is 0.277 e. The molecule has 0 atom stereocenters. The number of nitrogens with one attached hydrogen (secondary N) is 1. The number of carbonyl (C=O) groups excluding carboxylic acids is 1. The van der Waals surface area contributed by atoms with E-state index in [4.69, 9.17) is 4.74 Å². The van der Waals surface area contributed by atoms with Crippen LogP contribution in [0, 0.1) is 27.7 Å². The van der Waals surface area contributed by atoms with Gasteiger partial charge in [0, 0.05) is 5.56 Å². The van der Waals surface area contributed by atoms with E-state index in [0.29, 0.717) is 17.0 Å². The fraction of sp³-hybridized carbons (Fsp3) is 0.200. The molecule has 164 valence electrons. The standard InChI is InChI=1S/C25H26N4O3/c1-16-8-9-21(12-18(16)3)27-28-22-10-11-23(30)20(13-22)14-26-29-25(31)15-32-24-7-5-6-17(2)19(24)4/h5-14,30H,15H2,1-4H3,(H,29,31)/b26-14-,28-27?. The number of hydrazone groups is 1. The number of phenols is 1. The van der Waals surface area contributed by atoms with Crippen LogP contribution in [-0.4, -0.2) is 23.8 Å². The van der Waals surface area contributed by atoms with E-state index >= 15 is 0 Å². The molecule has 2 N–H and O–H groups in total. The summed E-state index contributed by atoms with van der Waals surface area (Å²) in [5.41, 5.74) is 8.48. The molecular weight excluding hydrogens is 404 g/mol. The molecule has 0 aliphatic carbocycles. The number of carbonyl (C=O) groups is 1. The van der Waals surface area contributed by atoms with Gasteiger partial charge in [-0.25, -0.2) is 5.43 Å². The summed E-state index contributed by atoms with van der Waals surface area (Å²) in [5, 5.41) is 22.4. The molecule has 0 fully saturated rings. The fourth-order valence-electron chi connectivity index (χ4n) is 2.84. The molecule has 3 aromatic rings. The van der Waals surface area contributed by atoms with Crippen molar-refractivity contribution in [1.29, 1.82) is 0 Å². The van der Waals surface area contributed by atoms with Crippen molar-refractivity contribution in [2.24, 2.45) is 15.3 Å². The Morgan fingerprint density at radius 3 is 2.41 bits per heavy atom. The number of nitrogens with zero attached hydrogens (tertiary/aromatic N) is 3. The van der Waals surface area contributed by atoms with Crippen LogP contribution < -0.4 is 10.2 Å². The van der Waals surface area contributed by atoms with Gasteiger partial charge in [0.2, 0.25) is 0 Å². The average molecular weight is 431 g/mol. The van der Waals surface area contributed by atoms with Crippen molar-refractivity contribution >= 4 is 23.5 Å². The number of phenolic OH excluding ortho intramolecular Hbond substituents is 1. The molecule has 7 heteroatoms. The highest BCUT2D eigenvalue weighted by molar-refractivity contribution is 5.86. The van der Waals surface area contributed by atoms with Gasteiger partial charge in [0.1, 0.15) is 11.5 Å². The minimum absolute atomic E-state index is 0.0137. The highest BCUT2D eigenvalue weighted by Crippen LogP contribution is 2.25. The molecule has 0 unspecified atom stereocenters. The molecule has 0 bridgehead atoms. The second-order valence-corrected chi connectivity index (χ2v) is 7.49. The first-order valence-electron chi connectivity index (χ1n) is 10.2. The number of azo groups is 1. The maximum absolute atomic E-state index is 12.0. The zero-order chi connectivity index (χ0) is 23.1. The molecule has 0 aromatic heterocycles. The Labute approximate surface area is 187 Å². The lowest BCUT2D eigenvalue weighted by molar-refractivity contribution is -0.123. The van der Waals surface area contributed by atoms with Gasteiger partial charge in [-0.05, 0) is 86.3 Å². The van der Waals surface area contributed by atoms with Crippen molar-refractivity contribution in [3.05, 3.63) is 82.4 Å². The molecule has 7 nitrogen and oxygen atoms in total.